The van der Waals surface area contributed by atoms with E-state index in [1.54, 1.807) is 12.1 Å². The molecule has 0 aliphatic heterocycles. The van der Waals surface area contributed by atoms with E-state index in [1.807, 2.05) is 19.1 Å². The number of nitrogens with zero attached hydrogens (tertiary/aromatic N) is 2. The van der Waals surface area contributed by atoms with Crippen molar-refractivity contribution in [2.75, 3.05) is 0 Å². The maximum atomic E-state index is 11.7. The summed E-state index contributed by atoms with van der Waals surface area (Å²) in [7, 11) is 0. The average molecular weight is 248 g/mol. The first-order chi connectivity index (χ1) is 8.67. The molecule has 0 heterocycles. The molecule has 0 bridgehead atoms. The predicted octanol–water partition coefficient (Wildman–Crippen LogP) is -0.164. The van der Waals surface area contributed by atoms with Gasteiger partial charge >= 0.3 is 0 Å². The van der Waals surface area contributed by atoms with Crippen LogP contribution in [0.25, 0.3) is 0 Å². The van der Waals surface area contributed by atoms with Gasteiger partial charge in [0, 0.05) is 18.2 Å². The topological polar surface area (TPSA) is 118 Å². The number of aryl methyl sites for hydroxylation is 1. The van der Waals surface area contributed by atoms with Crippen LogP contribution >= 0.6 is 0 Å². The van der Waals surface area contributed by atoms with Gasteiger partial charge in [0.2, 0.25) is 5.96 Å². The molecular weight excluding hydrogens is 232 g/mol. The molecule has 0 amide bonds. The van der Waals surface area contributed by atoms with Crippen molar-refractivity contribution in [2.24, 2.45) is 21.9 Å². The lowest BCUT2D eigenvalue weighted by atomic mass is 10.1. The maximum Gasteiger partial charge on any atom is 0.248 e. The summed E-state index contributed by atoms with van der Waals surface area (Å²) in [6.07, 6.45) is 1.60. The van der Waals surface area contributed by atoms with E-state index in [0.717, 1.165) is 5.56 Å². The molecule has 0 radical (unpaired) electrons. The summed E-state index contributed by atoms with van der Waals surface area (Å²) in [6, 6.07) is 7.35. The predicted molar refractivity (Wildman–Crippen MR) is 70.7 cm³/mol. The van der Waals surface area contributed by atoms with E-state index in [2.05, 4.69) is 21.1 Å². The van der Waals surface area contributed by atoms with Crippen molar-refractivity contribution in [3.8, 4) is 0 Å². The molecule has 0 aliphatic carbocycles. The number of hydrogen-bond acceptors (Lipinski definition) is 5. The number of hydrazine groups is 1. The molecule has 18 heavy (non-hydrogen) atoms. The average Bonchev–Trinajstić information content (AvgIpc) is 2.39. The van der Waals surface area contributed by atoms with Crippen LogP contribution in [0.2, 0.25) is 0 Å². The number of carbonyl (C=O) groups is 1. The molecule has 1 rings (SSSR count). The number of carbonyl (C=O) groups excluding carboxylic acids is 1. The molecule has 0 saturated heterocycles. The Balaban J connectivity index is 2.46. The highest BCUT2D eigenvalue weighted by atomic mass is 16.1. The highest BCUT2D eigenvalue weighted by Gasteiger charge is 2.02. The van der Waals surface area contributed by atoms with Crippen molar-refractivity contribution >= 4 is 18.0 Å². The fourth-order valence-electron chi connectivity index (χ4n) is 1.19. The second-order valence-corrected chi connectivity index (χ2v) is 3.54. The van der Waals surface area contributed by atoms with Crippen LogP contribution in [0.3, 0.4) is 0 Å². The summed E-state index contributed by atoms with van der Waals surface area (Å²) in [4.78, 5) is 11.7. The number of benzene rings is 1. The Bertz CT molecular complexity index is 451. The van der Waals surface area contributed by atoms with Gasteiger partial charge in [-0.15, -0.1) is 5.10 Å². The van der Waals surface area contributed by atoms with Crippen LogP contribution in [0, 0.1) is 6.92 Å². The molecule has 0 atom stereocenters. The molecule has 7 heteroatoms. The van der Waals surface area contributed by atoms with Gasteiger partial charge in [0.25, 0.3) is 0 Å². The number of hydrazone groups is 2. The molecule has 1 aromatic rings. The Morgan fingerprint density at radius 2 is 2.06 bits per heavy atom. The lowest BCUT2D eigenvalue weighted by Crippen LogP contribution is -2.39. The van der Waals surface area contributed by atoms with E-state index in [-0.39, 0.29) is 18.2 Å². The Morgan fingerprint density at radius 1 is 1.39 bits per heavy atom. The van der Waals surface area contributed by atoms with Crippen molar-refractivity contribution in [1.29, 1.82) is 0 Å². The number of hydrogen-bond donors (Lipinski definition) is 4. The van der Waals surface area contributed by atoms with Crippen LogP contribution in [-0.2, 0) is 0 Å². The standard InChI is InChI=1S/C11H16N6O/c1-8-2-4-9(5-3-8)10(18)6-7-14-17-11(15-12)16-13/h2-5,7H,6,12-13H2,1H3,(H2,15,16,17)/b14-7+. The van der Waals surface area contributed by atoms with Crippen molar-refractivity contribution < 1.29 is 4.79 Å². The minimum Gasteiger partial charge on any atom is -0.320 e. The lowest BCUT2D eigenvalue weighted by Gasteiger charge is -2.01. The summed E-state index contributed by atoms with van der Waals surface area (Å²) >= 11 is 0. The number of ketones is 1. The van der Waals surface area contributed by atoms with Gasteiger partial charge in [0.05, 0.1) is 0 Å². The molecule has 7 nitrogen and oxygen atoms in total. The van der Waals surface area contributed by atoms with Crippen molar-refractivity contribution in [3.63, 3.8) is 0 Å². The molecule has 0 aromatic heterocycles. The second kappa shape index (κ2) is 7.02. The first-order valence-corrected chi connectivity index (χ1v) is 5.29. The Labute approximate surface area is 105 Å². The zero-order valence-corrected chi connectivity index (χ0v) is 10.1. The number of nitrogens with one attached hydrogen (secondary N) is 2. The Morgan fingerprint density at radius 3 is 2.61 bits per heavy atom. The van der Waals surface area contributed by atoms with Crippen LogP contribution in [-0.4, -0.2) is 18.0 Å². The van der Waals surface area contributed by atoms with E-state index in [4.69, 9.17) is 11.7 Å². The summed E-state index contributed by atoms with van der Waals surface area (Å²) < 4.78 is 0. The van der Waals surface area contributed by atoms with Crippen LogP contribution in [0.5, 0.6) is 0 Å². The van der Waals surface area contributed by atoms with E-state index in [0.29, 0.717) is 5.56 Å². The van der Waals surface area contributed by atoms with Crippen LogP contribution in [0.1, 0.15) is 22.3 Å². The quantitative estimate of drug-likeness (QED) is 0.194. The highest BCUT2D eigenvalue weighted by Crippen LogP contribution is 2.05. The van der Waals surface area contributed by atoms with Crippen LogP contribution < -0.4 is 22.5 Å². The van der Waals surface area contributed by atoms with E-state index < -0.39 is 0 Å². The zero-order chi connectivity index (χ0) is 13.4. The van der Waals surface area contributed by atoms with E-state index in [9.17, 15) is 4.79 Å². The smallest absolute Gasteiger partial charge is 0.248 e. The number of rotatable bonds is 4. The van der Waals surface area contributed by atoms with Crippen molar-refractivity contribution in [3.05, 3.63) is 35.4 Å². The van der Waals surface area contributed by atoms with Gasteiger partial charge in [-0.3, -0.25) is 10.2 Å². The van der Waals surface area contributed by atoms with Gasteiger partial charge in [-0.1, -0.05) is 29.8 Å². The number of guanidine groups is 1. The number of nitrogens with two attached hydrogens (primary N) is 2. The largest absolute Gasteiger partial charge is 0.320 e. The van der Waals surface area contributed by atoms with Gasteiger partial charge in [-0.05, 0) is 6.92 Å². The first kappa shape index (κ1) is 13.7. The molecule has 0 aliphatic rings. The van der Waals surface area contributed by atoms with Crippen LogP contribution in [0.15, 0.2) is 34.5 Å². The summed E-state index contributed by atoms with van der Waals surface area (Å²) in [5.74, 6) is 10.1. The summed E-state index contributed by atoms with van der Waals surface area (Å²) in [5, 5.41) is 7.01. The van der Waals surface area contributed by atoms with Gasteiger partial charge in [-0.2, -0.15) is 5.10 Å². The van der Waals surface area contributed by atoms with Crippen LogP contribution in [0.4, 0.5) is 0 Å². The van der Waals surface area contributed by atoms with E-state index >= 15 is 0 Å². The fraction of sp³-hybridized carbons (Fsp3) is 0.182. The Kier molecular flexibility index (Phi) is 5.33. The van der Waals surface area contributed by atoms with Gasteiger partial charge in [0.15, 0.2) is 5.78 Å². The normalized spacial score (nSPS) is 11.6. The van der Waals surface area contributed by atoms with E-state index in [1.165, 1.54) is 6.21 Å². The van der Waals surface area contributed by atoms with Gasteiger partial charge in [0.1, 0.15) is 0 Å². The van der Waals surface area contributed by atoms with Gasteiger partial charge < -0.3 is 5.84 Å². The van der Waals surface area contributed by atoms with Crippen molar-refractivity contribution in [1.82, 2.24) is 10.9 Å². The molecule has 0 unspecified atom stereocenters. The Hall–Kier alpha value is -2.41. The molecule has 0 saturated carbocycles. The fourth-order valence-corrected chi connectivity index (χ4v) is 1.19. The minimum atomic E-state index is -0.0208. The highest BCUT2D eigenvalue weighted by molar-refractivity contribution is 6.03. The van der Waals surface area contributed by atoms with Crippen molar-refractivity contribution in [2.45, 2.75) is 13.3 Å². The first-order valence-electron chi connectivity index (χ1n) is 5.29. The molecule has 96 valence electrons. The third-order valence-electron chi connectivity index (χ3n) is 2.18. The van der Waals surface area contributed by atoms with Gasteiger partial charge in [-0.25, -0.2) is 11.3 Å². The molecule has 1 aromatic carbocycles. The lowest BCUT2D eigenvalue weighted by molar-refractivity contribution is 0.100. The monoisotopic (exact) mass is 248 g/mol. The molecule has 0 spiro atoms. The number of Topliss-reactive ketones (excluding diaryl/α,β-unsaturated/α-hetero) is 1. The third kappa shape index (κ3) is 4.22. The SMILES string of the molecule is Cc1ccc(C(=O)C/C=N/N/C(=N/N)NN)cc1. The molecular formula is C11H16N6O. The second-order valence-electron chi connectivity index (χ2n) is 3.54. The summed E-state index contributed by atoms with van der Waals surface area (Å²) in [6.45, 7) is 1.97. The third-order valence-corrected chi connectivity index (χ3v) is 2.18. The maximum absolute atomic E-state index is 11.7. The molecule has 6 N–H and O–H groups in total. The molecule has 0 fully saturated rings. The zero-order valence-electron chi connectivity index (χ0n) is 10.1. The summed E-state index contributed by atoms with van der Waals surface area (Å²) in [5.41, 5.74) is 6.39. The minimum absolute atomic E-state index is 0.0208.